The third kappa shape index (κ3) is 7.64. The lowest BCUT2D eigenvalue weighted by molar-refractivity contribution is -0.136. The SMILES string of the molecule is CCOc1ccc([C@@H]2C(C(=O)OC)=CN=c3s/c(=C/c4cc(I)c(OCc5ccc(Cl)c(Cl)c5)c(OCC)c4)c(=O)n32)cc1OCC. The molecule has 0 unspecified atom stereocenters. The molecule has 1 aromatic heterocycles. The van der Waals surface area contributed by atoms with Crippen LogP contribution in [0.5, 0.6) is 23.0 Å². The molecule has 0 N–H and O–H groups in total. The van der Waals surface area contributed by atoms with Crippen molar-refractivity contribution < 1.29 is 28.5 Å². The smallest absolute Gasteiger partial charge is 0.337 e. The molecule has 0 amide bonds. The summed E-state index contributed by atoms with van der Waals surface area (Å²) in [6.45, 7) is 7.17. The van der Waals surface area contributed by atoms with Crippen LogP contribution >= 0.6 is 57.1 Å². The van der Waals surface area contributed by atoms with Gasteiger partial charge in [-0.1, -0.05) is 46.7 Å². The third-order valence-electron chi connectivity index (χ3n) is 7.00. The van der Waals surface area contributed by atoms with Crippen molar-refractivity contribution >= 4 is 69.2 Å². The first-order chi connectivity index (χ1) is 22.7. The fourth-order valence-electron chi connectivity index (χ4n) is 5.00. The molecule has 0 radical (unpaired) electrons. The van der Waals surface area contributed by atoms with Crippen molar-refractivity contribution in [1.29, 1.82) is 0 Å². The topological polar surface area (TPSA) is 97.6 Å². The van der Waals surface area contributed by atoms with Crippen molar-refractivity contribution in [3.05, 3.63) is 110 Å². The highest BCUT2D eigenvalue weighted by atomic mass is 127. The quantitative estimate of drug-likeness (QED) is 0.116. The van der Waals surface area contributed by atoms with Gasteiger partial charge in [0.2, 0.25) is 0 Å². The van der Waals surface area contributed by atoms with Crippen molar-refractivity contribution in [1.82, 2.24) is 4.57 Å². The van der Waals surface area contributed by atoms with Crippen LogP contribution in [-0.2, 0) is 16.1 Å². The monoisotopic (exact) mass is 808 g/mol. The Labute approximate surface area is 299 Å². The Bertz CT molecular complexity index is 2030. The molecular weight excluding hydrogens is 778 g/mol. The summed E-state index contributed by atoms with van der Waals surface area (Å²) in [5.41, 5.74) is 2.13. The maximum Gasteiger partial charge on any atom is 0.337 e. The fraction of sp³-hybridized carbons (Fsp3) is 0.265. The molecule has 0 bridgehead atoms. The summed E-state index contributed by atoms with van der Waals surface area (Å²) in [5.74, 6) is 1.59. The van der Waals surface area contributed by atoms with Crippen LogP contribution in [0.2, 0.25) is 10.0 Å². The zero-order valence-corrected chi connectivity index (χ0v) is 30.5. The molecule has 3 aromatic carbocycles. The maximum atomic E-state index is 14.1. The Morgan fingerprint density at radius 3 is 2.36 bits per heavy atom. The first kappa shape index (κ1) is 34.8. The van der Waals surface area contributed by atoms with Crippen LogP contribution < -0.4 is 33.8 Å². The molecule has 9 nitrogen and oxygen atoms in total. The fourth-order valence-corrected chi connectivity index (χ4v) is 7.07. The van der Waals surface area contributed by atoms with Gasteiger partial charge in [0.25, 0.3) is 5.56 Å². The average molecular weight is 810 g/mol. The number of esters is 1. The zero-order chi connectivity index (χ0) is 33.7. The second-order valence-corrected chi connectivity index (χ2v) is 13.0. The molecule has 5 rings (SSSR count). The largest absolute Gasteiger partial charge is 0.490 e. The Hall–Kier alpha value is -3.52. The normalized spacial score (nSPS) is 14.1. The highest BCUT2D eigenvalue weighted by Crippen LogP contribution is 2.37. The Morgan fingerprint density at radius 1 is 0.936 bits per heavy atom. The van der Waals surface area contributed by atoms with Gasteiger partial charge in [-0.25, -0.2) is 9.79 Å². The molecule has 246 valence electrons. The van der Waals surface area contributed by atoms with Gasteiger partial charge in [-0.05, 0) is 103 Å². The Balaban J connectivity index is 1.56. The van der Waals surface area contributed by atoms with E-state index in [0.29, 0.717) is 67.8 Å². The molecular formula is C34H31Cl2IN2O7S. The van der Waals surface area contributed by atoms with Crippen LogP contribution in [0.1, 0.15) is 43.5 Å². The van der Waals surface area contributed by atoms with Crippen molar-refractivity contribution in [2.75, 3.05) is 26.9 Å². The number of ether oxygens (including phenoxy) is 5. The first-order valence-electron chi connectivity index (χ1n) is 14.7. The Kier molecular flexibility index (Phi) is 11.5. The van der Waals surface area contributed by atoms with Gasteiger partial charge in [0, 0.05) is 6.20 Å². The summed E-state index contributed by atoms with van der Waals surface area (Å²) in [7, 11) is 1.30. The molecule has 47 heavy (non-hydrogen) atoms. The highest BCUT2D eigenvalue weighted by Gasteiger charge is 2.31. The summed E-state index contributed by atoms with van der Waals surface area (Å²) in [4.78, 5) is 31.9. The number of thiazole rings is 1. The van der Waals surface area contributed by atoms with E-state index in [2.05, 4.69) is 27.6 Å². The summed E-state index contributed by atoms with van der Waals surface area (Å²) in [6.07, 6.45) is 3.23. The summed E-state index contributed by atoms with van der Waals surface area (Å²) in [5, 5.41) is 0.916. The van der Waals surface area contributed by atoms with E-state index in [9.17, 15) is 9.59 Å². The van der Waals surface area contributed by atoms with Gasteiger partial charge in [-0.2, -0.15) is 0 Å². The van der Waals surface area contributed by atoms with Crippen LogP contribution in [0.3, 0.4) is 0 Å². The minimum atomic E-state index is -0.799. The molecule has 0 spiro atoms. The van der Waals surface area contributed by atoms with Gasteiger partial charge in [-0.15, -0.1) is 0 Å². The number of carbonyl (C=O) groups excluding carboxylic acids is 1. The molecule has 13 heteroatoms. The number of fused-ring (bicyclic) bond motifs is 1. The lowest BCUT2D eigenvalue weighted by atomic mass is 9.97. The molecule has 2 heterocycles. The van der Waals surface area contributed by atoms with E-state index in [1.54, 1.807) is 30.3 Å². The van der Waals surface area contributed by atoms with Gasteiger partial charge >= 0.3 is 5.97 Å². The van der Waals surface area contributed by atoms with Crippen LogP contribution in [-0.4, -0.2) is 37.5 Å². The van der Waals surface area contributed by atoms with Crippen LogP contribution in [0.25, 0.3) is 6.08 Å². The maximum absolute atomic E-state index is 14.1. The van der Waals surface area contributed by atoms with Gasteiger partial charge in [0.1, 0.15) is 6.61 Å². The standard InChI is InChI=1S/C34H31Cl2IN2O7S/c1-5-43-26-11-9-21(16-27(26)44-6-2)30-22(33(41)42-4)17-38-34-39(30)32(40)29(47-34)15-20-13-25(37)31(28(14-20)45-7-3)46-18-19-8-10-23(35)24(36)12-19/h8-17,30H,5-7,18H2,1-4H3/b29-15+/t30-/m1/s1. The number of halogens is 3. The summed E-state index contributed by atoms with van der Waals surface area (Å²) >= 11 is 15.6. The van der Waals surface area contributed by atoms with Gasteiger partial charge in [0.15, 0.2) is 27.8 Å². The van der Waals surface area contributed by atoms with E-state index in [0.717, 1.165) is 14.7 Å². The molecule has 1 aliphatic rings. The molecule has 0 saturated carbocycles. The number of hydrogen-bond acceptors (Lipinski definition) is 9. The lowest BCUT2D eigenvalue weighted by Crippen LogP contribution is -2.39. The first-order valence-corrected chi connectivity index (χ1v) is 17.4. The average Bonchev–Trinajstić information content (AvgIpc) is 3.37. The predicted octanol–water partition coefficient (Wildman–Crippen LogP) is 6.70. The number of carbonyl (C=O) groups is 1. The van der Waals surface area contributed by atoms with E-state index in [-0.39, 0.29) is 17.7 Å². The van der Waals surface area contributed by atoms with Crippen molar-refractivity contribution in [2.24, 2.45) is 4.99 Å². The second kappa shape index (κ2) is 15.6. The number of benzene rings is 3. The van der Waals surface area contributed by atoms with Crippen LogP contribution in [0, 0.1) is 3.57 Å². The third-order valence-corrected chi connectivity index (χ3v) is 9.54. The summed E-state index contributed by atoms with van der Waals surface area (Å²) in [6, 6.07) is 13.6. The van der Waals surface area contributed by atoms with Gasteiger partial charge in [-0.3, -0.25) is 9.36 Å². The van der Waals surface area contributed by atoms with E-state index < -0.39 is 12.0 Å². The van der Waals surface area contributed by atoms with Crippen molar-refractivity contribution in [3.63, 3.8) is 0 Å². The highest BCUT2D eigenvalue weighted by molar-refractivity contribution is 14.1. The zero-order valence-electron chi connectivity index (χ0n) is 26.0. The number of methoxy groups -OCH3 is 1. The molecule has 0 saturated heterocycles. The van der Waals surface area contributed by atoms with Crippen molar-refractivity contribution in [2.45, 2.75) is 33.4 Å². The van der Waals surface area contributed by atoms with E-state index in [1.165, 1.54) is 29.2 Å². The minimum absolute atomic E-state index is 0.217. The second-order valence-electron chi connectivity index (χ2n) is 10.0. The van der Waals surface area contributed by atoms with E-state index in [4.69, 9.17) is 46.9 Å². The van der Waals surface area contributed by atoms with Crippen LogP contribution in [0.15, 0.2) is 70.1 Å². The van der Waals surface area contributed by atoms with Gasteiger partial charge in [0.05, 0.1) is 56.7 Å². The number of hydrogen-bond donors (Lipinski definition) is 0. The number of rotatable bonds is 12. The van der Waals surface area contributed by atoms with Crippen molar-refractivity contribution in [3.8, 4) is 23.0 Å². The molecule has 1 aliphatic heterocycles. The number of nitrogens with zero attached hydrogens (tertiary/aromatic N) is 2. The lowest BCUT2D eigenvalue weighted by Gasteiger charge is -2.23. The van der Waals surface area contributed by atoms with E-state index >= 15 is 0 Å². The molecule has 4 aromatic rings. The molecule has 0 aliphatic carbocycles. The predicted molar refractivity (Wildman–Crippen MR) is 191 cm³/mol. The molecule has 0 fully saturated rings. The van der Waals surface area contributed by atoms with Gasteiger partial charge < -0.3 is 23.7 Å². The summed E-state index contributed by atoms with van der Waals surface area (Å²) < 4.78 is 31.5. The molecule has 1 atom stereocenters. The van der Waals surface area contributed by atoms with E-state index in [1.807, 2.05) is 45.0 Å². The minimum Gasteiger partial charge on any atom is -0.490 e. The Morgan fingerprint density at radius 2 is 1.66 bits per heavy atom. The van der Waals surface area contributed by atoms with Crippen LogP contribution in [0.4, 0.5) is 0 Å². The number of aromatic nitrogens is 1.